The lowest BCUT2D eigenvalue weighted by Crippen LogP contribution is -2.44. The highest BCUT2D eigenvalue weighted by atomic mass is 16.5. The SMILES string of the molecule is COc1ccc2c(c1)[C@](O)([C@@H](C)/C=C/CCn1cc(C(CO)c3ccccc3)nn1)C(=O)N2Cc1cccc(-n2cccc(OC)c2=O)c1. The molecule has 1 amide bonds. The third-order valence-corrected chi connectivity index (χ3v) is 9.04. The molecule has 0 fully saturated rings. The van der Waals surface area contributed by atoms with Crippen LogP contribution in [0.15, 0.2) is 114 Å². The van der Waals surface area contributed by atoms with Gasteiger partial charge in [0.1, 0.15) is 5.75 Å². The van der Waals surface area contributed by atoms with Crippen molar-refractivity contribution < 1.29 is 24.5 Å². The number of nitrogens with zero attached hydrogens (tertiary/aromatic N) is 5. The first kappa shape index (κ1) is 33.4. The fourth-order valence-electron chi connectivity index (χ4n) is 6.31. The minimum absolute atomic E-state index is 0.0796. The van der Waals surface area contributed by atoms with Crippen molar-refractivity contribution in [1.82, 2.24) is 19.6 Å². The zero-order valence-corrected chi connectivity index (χ0v) is 27.6. The predicted octanol–water partition coefficient (Wildman–Crippen LogP) is 4.59. The number of benzene rings is 3. The molecular weight excluding hydrogens is 622 g/mol. The molecule has 1 unspecified atom stereocenters. The van der Waals surface area contributed by atoms with E-state index in [2.05, 4.69) is 10.3 Å². The van der Waals surface area contributed by atoms with Gasteiger partial charge >= 0.3 is 0 Å². The molecule has 1 aliphatic rings. The highest BCUT2D eigenvalue weighted by Crippen LogP contribution is 2.47. The van der Waals surface area contributed by atoms with E-state index in [9.17, 15) is 19.8 Å². The molecule has 3 aromatic carbocycles. The Hall–Kier alpha value is -5.52. The van der Waals surface area contributed by atoms with Crippen molar-refractivity contribution >= 4 is 11.6 Å². The highest BCUT2D eigenvalue weighted by molar-refractivity contribution is 6.07. The molecule has 49 heavy (non-hydrogen) atoms. The Balaban J connectivity index is 1.20. The molecule has 0 aliphatic carbocycles. The van der Waals surface area contributed by atoms with Crippen molar-refractivity contribution in [1.29, 1.82) is 0 Å². The lowest BCUT2D eigenvalue weighted by molar-refractivity contribution is -0.139. The molecule has 0 spiro atoms. The number of amides is 1. The molecule has 11 heteroatoms. The summed E-state index contributed by atoms with van der Waals surface area (Å²) in [4.78, 5) is 28.6. The maximum Gasteiger partial charge on any atom is 0.297 e. The monoisotopic (exact) mass is 661 g/mol. The summed E-state index contributed by atoms with van der Waals surface area (Å²) in [6.45, 7) is 2.44. The Kier molecular flexibility index (Phi) is 9.75. The molecule has 6 rings (SSSR count). The number of rotatable bonds is 13. The second-order valence-corrected chi connectivity index (χ2v) is 12.0. The van der Waals surface area contributed by atoms with Crippen LogP contribution in [0.4, 0.5) is 5.69 Å². The van der Waals surface area contributed by atoms with Crippen molar-refractivity contribution in [3.8, 4) is 17.2 Å². The molecule has 3 heterocycles. The number of carbonyl (C=O) groups excluding carboxylic acids is 1. The van der Waals surface area contributed by atoms with E-state index in [4.69, 9.17) is 9.47 Å². The summed E-state index contributed by atoms with van der Waals surface area (Å²) in [7, 11) is 3.00. The highest BCUT2D eigenvalue weighted by Gasteiger charge is 2.52. The van der Waals surface area contributed by atoms with Gasteiger partial charge in [0.15, 0.2) is 11.4 Å². The first-order chi connectivity index (χ1) is 23.8. The Morgan fingerprint density at radius 3 is 2.53 bits per heavy atom. The van der Waals surface area contributed by atoms with E-state index in [1.807, 2.05) is 79.9 Å². The molecule has 0 bridgehead atoms. The van der Waals surface area contributed by atoms with Crippen molar-refractivity contribution in [3.63, 3.8) is 0 Å². The topological polar surface area (TPSA) is 132 Å². The lowest BCUT2D eigenvalue weighted by atomic mass is 9.83. The molecule has 1 aliphatic heterocycles. The number of hydrogen-bond acceptors (Lipinski definition) is 8. The van der Waals surface area contributed by atoms with Gasteiger partial charge in [0, 0.05) is 36.1 Å². The maximum absolute atomic E-state index is 14.2. The fraction of sp³-hybridized carbons (Fsp3) is 0.263. The number of fused-ring (bicyclic) bond motifs is 1. The number of pyridine rings is 1. The minimum Gasteiger partial charge on any atom is -0.497 e. The van der Waals surface area contributed by atoms with Crippen LogP contribution in [0.5, 0.6) is 11.5 Å². The molecule has 2 aromatic heterocycles. The van der Waals surface area contributed by atoms with Crippen LogP contribution < -0.4 is 19.9 Å². The summed E-state index contributed by atoms with van der Waals surface area (Å²) in [5, 5.41) is 30.7. The van der Waals surface area contributed by atoms with Gasteiger partial charge in [0.25, 0.3) is 11.5 Å². The van der Waals surface area contributed by atoms with E-state index < -0.39 is 17.4 Å². The van der Waals surface area contributed by atoms with Gasteiger partial charge in [-0.1, -0.05) is 66.8 Å². The molecular formula is C38H39N5O6. The third-order valence-electron chi connectivity index (χ3n) is 9.04. The standard InChI is InChI=1S/C38H39N5O6/c1-26(11-7-8-19-41-24-33(39-40-41)31(25-44)28-13-5-4-6-14-28)38(47)32-22-30(48-2)17-18-34(32)43(37(38)46)23-27-12-9-15-29(21-27)42-20-10-16-35(49-3)36(42)45/h4-7,9-18,20-22,24,26,31,44,47H,8,19,23,25H2,1-3H3/b11-7+/t26-,31?,38+/m0/s1. The number of aliphatic hydroxyl groups excluding tert-OH is 1. The third kappa shape index (κ3) is 6.50. The Bertz CT molecular complexity index is 2020. The molecule has 5 aromatic rings. The van der Waals surface area contributed by atoms with E-state index in [-0.39, 0.29) is 30.4 Å². The number of anilines is 1. The second kappa shape index (κ2) is 14.3. The zero-order valence-electron chi connectivity index (χ0n) is 27.6. The van der Waals surface area contributed by atoms with Gasteiger partial charge in [-0.3, -0.25) is 18.8 Å². The van der Waals surface area contributed by atoms with Gasteiger partial charge in [0.2, 0.25) is 0 Å². The normalized spacial score (nSPS) is 16.9. The lowest BCUT2D eigenvalue weighted by Gasteiger charge is -2.28. The number of allylic oxidation sites excluding steroid dienone is 1. The number of aliphatic hydroxyl groups is 2. The van der Waals surface area contributed by atoms with Gasteiger partial charge < -0.3 is 24.6 Å². The summed E-state index contributed by atoms with van der Waals surface area (Å²) in [6.07, 6.45) is 7.85. The number of hydrogen-bond donors (Lipinski definition) is 2. The number of methoxy groups -OCH3 is 2. The molecule has 3 atom stereocenters. The van der Waals surface area contributed by atoms with Crippen LogP contribution in [0.1, 0.15) is 41.6 Å². The van der Waals surface area contributed by atoms with Crippen LogP contribution in [0, 0.1) is 5.92 Å². The smallest absolute Gasteiger partial charge is 0.297 e. The quantitative estimate of drug-likeness (QED) is 0.175. The van der Waals surface area contributed by atoms with Gasteiger partial charge in [0.05, 0.1) is 44.7 Å². The largest absolute Gasteiger partial charge is 0.497 e. The zero-order chi connectivity index (χ0) is 34.5. The van der Waals surface area contributed by atoms with Crippen LogP contribution in [0.3, 0.4) is 0 Å². The maximum atomic E-state index is 14.2. The van der Waals surface area contributed by atoms with Crippen LogP contribution in [-0.4, -0.2) is 56.5 Å². The second-order valence-electron chi connectivity index (χ2n) is 12.0. The van der Waals surface area contributed by atoms with Crippen LogP contribution in [-0.2, 0) is 23.5 Å². The first-order valence-corrected chi connectivity index (χ1v) is 16.1. The summed E-state index contributed by atoms with van der Waals surface area (Å²) in [5.74, 6) is -0.544. The van der Waals surface area contributed by atoms with Crippen molar-refractivity contribution in [3.05, 3.63) is 142 Å². The number of aryl methyl sites for hydroxylation is 1. The number of carbonyl (C=O) groups is 1. The summed E-state index contributed by atoms with van der Waals surface area (Å²) in [5.41, 5.74) is 1.97. The van der Waals surface area contributed by atoms with Gasteiger partial charge in [-0.15, -0.1) is 5.10 Å². The molecule has 0 saturated heterocycles. The van der Waals surface area contributed by atoms with Crippen molar-refractivity contribution in [2.75, 3.05) is 25.7 Å². The fourth-order valence-corrected chi connectivity index (χ4v) is 6.31. The van der Waals surface area contributed by atoms with Gasteiger partial charge in [-0.25, -0.2) is 0 Å². The number of aromatic nitrogens is 4. The van der Waals surface area contributed by atoms with Crippen LogP contribution in [0.25, 0.3) is 5.69 Å². The minimum atomic E-state index is -1.84. The molecule has 0 radical (unpaired) electrons. The summed E-state index contributed by atoms with van der Waals surface area (Å²) >= 11 is 0. The van der Waals surface area contributed by atoms with Gasteiger partial charge in [-0.05, 0) is 60.0 Å². The van der Waals surface area contributed by atoms with Crippen LogP contribution in [0.2, 0.25) is 0 Å². The Morgan fingerprint density at radius 2 is 1.78 bits per heavy atom. The van der Waals surface area contributed by atoms with E-state index in [0.29, 0.717) is 41.3 Å². The summed E-state index contributed by atoms with van der Waals surface area (Å²) < 4.78 is 13.9. The van der Waals surface area contributed by atoms with Crippen molar-refractivity contribution in [2.24, 2.45) is 5.92 Å². The summed E-state index contributed by atoms with van der Waals surface area (Å²) in [6, 6.07) is 25.7. The average molecular weight is 662 g/mol. The van der Waals surface area contributed by atoms with Crippen LogP contribution >= 0.6 is 0 Å². The Morgan fingerprint density at radius 1 is 0.959 bits per heavy atom. The number of ether oxygens (including phenoxy) is 2. The Labute approximate surface area is 284 Å². The van der Waals surface area contributed by atoms with E-state index in [1.165, 1.54) is 11.7 Å². The molecule has 252 valence electrons. The van der Waals surface area contributed by atoms with E-state index in [1.54, 1.807) is 53.2 Å². The predicted molar refractivity (Wildman–Crippen MR) is 185 cm³/mol. The first-order valence-electron chi connectivity index (χ1n) is 16.1. The van der Waals surface area contributed by atoms with Crippen molar-refractivity contribution in [2.45, 2.75) is 38.0 Å². The van der Waals surface area contributed by atoms with E-state index in [0.717, 1.165) is 11.1 Å². The molecule has 2 N–H and O–H groups in total. The molecule has 0 saturated carbocycles. The average Bonchev–Trinajstić information content (AvgIpc) is 3.68. The molecule has 11 nitrogen and oxygen atoms in total. The van der Waals surface area contributed by atoms with Gasteiger partial charge in [-0.2, -0.15) is 0 Å². The van der Waals surface area contributed by atoms with E-state index >= 15 is 0 Å².